The maximum Gasteiger partial charge on any atom is 0.201 e. The largest absolute Gasteiger partial charge is 0.395 e. The number of hydrogen-bond acceptors (Lipinski definition) is 4. The Bertz CT molecular complexity index is 1080. The van der Waals surface area contributed by atoms with Gasteiger partial charge in [-0.25, -0.2) is 4.98 Å². The lowest BCUT2D eigenvalue weighted by molar-refractivity contribution is 0.0995. The molecule has 5 nitrogen and oxygen atoms in total. The van der Waals surface area contributed by atoms with Crippen molar-refractivity contribution in [2.24, 2.45) is 0 Å². The van der Waals surface area contributed by atoms with Crippen LogP contribution in [0.1, 0.15) is 15.9 Å². The minimum absolute atomic E-state index is 0.0312. The molecule has 4 rings (SSSR count). The van der Waals surface area contributed by atoms with Crippen LogP contribution in [0.5, 0.6) is 0 Å². The number of H-pyrrole nitrogens is 1. The molecule has 0 aliphatic carbocycles. The van der Waals surface area contributed by atoms with E-state index >= 15 is 0 Å². The first-order valence-electron chi connectivity index (χ1n) is 8.59. The summed E-state index contributed by atoms with van der Waals surface area (Å²) in [6, 6.07) is 19.5. The standard InChI is InChI=1S/C21H19N3O2/c25-12-11-22-21-23-18-10-4-7-15(20(18)24-21)13-19(26)17-9-3-6-14-5-1-2-8-16(14)17/h1-10,25H,11-13H2,(H2,22,23,24). The van der Waals surface area contributed by atoms with Crippen molar-refractivity contribution in [2.75, 3.05) is 18.5 Å². The second kappa shape index (κ2) is 6.98. The Balaban J connectivity index is 1.68. The number of fused-ring (bicyclic) bond motifs is 2. The molecule has 0 saturated carbocycles. The number of benzene rings is 3. The molecule has 0 radical (unpaired) electrons. The molecule has 0 amide bonds. The van der Waals surface area contributed by atoms with Crippen molar-refractivity contribution in [3.63, 3.8) is 0 Å². The van der Waals surface area contributed by atoms with E-state index in [0.717, 1.165) is 32.9 Å². The summed E-state index contributed by atoms with van der Waals surface area (Å²) in [6.07, 6.45) is 0.287. The van der Waals surface area contributed by atoms with Crippen LogP contribution in [0.3, 0.4) is 0 Å². The SMILES string of the molecule is O=C(Cc1cccc2[nH]c(NCCO)nc12)c1cccc2ccccc12. The molecule has 26 heavy (non-hydrogen) atoms. The summed E-state index contributed by atoms with van der Waals surface area (Å²) in [7, 11) is 0. The van der Waals surface area contributed by atoms with E-state index in [0.29, 0.717) is 12.5 Å². The molecule has 1 heterocycles. The average molecular weight is 345 g/mol. The molecule has 0 aliphatic heterocycles. The van der Waals surface area contributed by atoms with E-state index in [9.17, 15) is 4.79 Å². The van der Waals surface area contributed by atoms with Crippen LogP contribution in [0.2, 0.25) is 0 Å². The van der Waals surface area contributed by atoms with Crippen LogP contribution in [0.4, 0.5) is 5.95 Å². The molecule has 0 spiro atoms. The number of aliphatic hydroxyl groups is 1. The zero-order valence-electron chi connectivity index (χ0n) is 14.2. The van der Waals surface area contributed by atoms with Gasteiger partial charge in [0, 0.05) is 18.5 Å². The van der Waals surface area contributed by atoms with Crippen molar-refractivity contribution >= 4 is 33.5 Å². The normalized spacial score (nSPS) is 11.1. The predicted molar refractivity (Wildman–Crippen MR) is 104 cm³/mol. The topological polar surface area (TPSA) is 78.0 Å². The number of nitrogens with zero attached hydrogens (tertiary/aromatic N) is 1. The lowest BCUT2D eigenvalue weighted by Crippen LogP contribution is -2.06. The van der Waals surface area contributed by atoms with Crippen LogP contribution in [-0.4, -0.2) is 34.0 Å². The van der Waals surface area contributed by atoms with Gasteiger partial charge in [0.25, 0.3) is 0 Å². The Labute approximate surface area is 150 Å². The molecular weight excluding hydrogens is 326 g/mol. The Morgan fingerprint density at radius 1 is 1.04 bits per heavy atom. The van der Waals surface area contributed by atoms with E-state index in [-0.39, 0.29) is 18.8 Å². The first kappa shape index (κ1) is 16.3. The van der Waals surface area contributed by atoms with Crippen molar-refractivity contribution in [1.82, 2.24) is 9.97 Å². The summed E-state index contributed by atoms with van der Waals surface area (Å²) in [6.45, 7) is 0.452. The number of para-hydroxylation sites is 1. The smallest absolute Gasteiger partial charge is 0.201 e. The molecule has 3 aromatic carbocycles. The fourth-order valence-corrected chi connectivity index (χ4v) is 3.23. The van der Waals surface area contributed by atoms with Gasteiger partial charge in [-0.1, -0.05) is 54.6 Å². The number of anilines is 1. The monoisotopic (exact) mass is 345 g/mol. The highest BCUT2D eigenvalue weighted by molar-refractivity contribution is 6.09. The molecular formula is C21H19N3O2. The van der Waals surface area contributed by atoms with E-state index in [2.05, 4.69) is 15.3 Å². The molecule has 0 aliphatic rings. The van der Waals surface area contributed by atoms with Gasteiger partial charge in [-0.3, -0.25) is 4.79 Å². The Hall–Kier alpha value is -3.18. The first-order valence-corrected chi connectivity index (χ1v) is 8.59. The summed E-state index contributed by atoms with van der Waals surface area (Å²) >= 11 is 0. The van der Waals surface area contributed by atoms with E-state index in [1.807, 2.05) is 60.7 Å². The number of rotatable bonds is 6. The minimum Gasteiger partial charge on any atom is -0.395 e. The average Bonchev–Trinajstić information content (AvgIpc) is 3.10. The van der Waals surface area contributed by atoms with Crippen LogP contribution in [0.15, 0.2) is 60.7 Å². The van der Waals surface area contributed by atoms with Crippen LogP contribution in [0, 0.1) is 0 Å². The van der Waals surface area contributed by atoms with Gasteiger partial charge in [0.05, 0.1) is 17.6 Å². The second-order valence-electron chi connectivity index (χ2n) is 6.18. The lowest BCUT2D eigenvalue weighted by atomic mass is 9.97. The predicted octanol–water partition coefficient (Wildman–Crippen LogP) is 3.55. The maximum atomic E-state index is 13.0. The Kier molecular flexibility index (Phi) is 4.37. The summed E-state index contributed by atoms with van der Waals surface area (Å²) in [5.41, 5.74) is 3.26. The molecule has 4 aromatic rings. The molecule has 1 aromatic heterocycles. The summed E-state index contributed by atoms with van der Waals surface area (Å²) in [4.78, 5) is 20.7. The third kappa shape index (κ3) is 3.05. The molecule has 0 unspecified atom stereocenters. The number of aromatic nitrogens is 2. The van der Waals surface area contributed by atoms with E-state index in [1.165, 1.54) is 0 Å². The van der Waals surface area contributed by atoms with Crippen molar-refractivity contribution in [3.05, 3.63) is 71.8 Å². The van der Waals surface area contributed by atoms with Gasteiger partial charge in [0.1, 0.15) is 0 Å². The number of aromatic amines is 1. The molecule has 0 fully saturated rings. The van der Waals surface area contributed by atoms with Crippen molar-refractivity contribution < 1.29 is 9.90 Å². The second-order valence-corrected chi connectivity index (χ2v) is 6.18. The van der Waals surface area contributed by atoms with Gasteiger partial charge in [-0.15, -0.1) is 0 Å². The highest BCUT2D eigenvalue weighted by Crippen LogP contribution is 2.23. The molecule has 0 bridgehead atoms. The number of Topliss-reactive ketones (excluding diaryl/α,β-unsaturated/α-hetero) is 1. The number of hydrogen-bond donors (Lipinski definition) is 3. The zero-order chi connectivity index (χ0) is 17.9. The highest BCUT2D eigenvalue weighted by atomic mass is 16.3. The number of carbonyl (C=O) groups is 1. The fourth-order valence-electron chi connectivity index (χ4n) is 3.23. The van der Waals surface area contributed by atoms with Crippen molar-refractivity contribution in [1.29, 1.82) is 0 Å². The van der Waals surface area contributed by atoms with Gasteiger partial charge < -0.3 is 15.4 Å². The number of aliphatic hydroxyl groups excluding tert-OH is 1. The molecule has 5 heteroatoms. The van der Waals surface area contributed by atoms with Gasteiger partial charge in [-0.05, 0) is 22.4 Å². The molecule has 3 N–H and O–H groups in total. The van der Waals surface area contributed by atoms with Crippen LogP contribution >= 0.6 is 0 Å². The van der Waals surface area contributed by atoms with E-state index in [1.54, 1.807) is 0 Å². The van der Waals surface area contributed by atoms with Crippen LogP contribution < -0.4 is 5.32 Å². The summed E-state index contributed by atoms with van der Waals surface area (Å²) < 4.78 is 0. The third-order valence-electron chi connectivity index (χ3n) is 4.44. The van der Waals surface area contributed by atoms with E-state index in [4.69, 9.17) is 5.11 Å². The van der Waals surface area contributed by atoms with Gasteiger partial charge in [0.15, 0.2) is 5.78 Å². The lowest BCUT2D eigenvalue weighted by Gasteiger charge is -2.06. The van der Waals surface area contributed by atoms with Gasteiger partial charge >= 0.3 is 0 Å². The zero-order valence-corrected chi connectivity index (χ0v) is 14.2. The highest BCUT2D eigenvalue weighted by Gasteiger charge is 2.14. The summed E-state index contributed by atoms with van der Waals surface area (Å²) in [5, 5.41) is 14.0. The molecule has 0 atom stereocenters. The Morgan fingerprint density at radius 2 is 1.85 bits per heavy atom. The van der Waals surface area contributed by atoms with E-state index < -0.39 is 0 Å². The first-order chi connectivity index (χ1) is 12.8. The van der Waals surface area contributed by atoms with Crippen LogP contribution in [0.25, 0.3) is 21.8 Å². The minimum atomic E-state index is 0.0312. The maximum absolute atomic E-state index is 13.0. The van der Waals surface area contributed by atoms with Crippen molar-refractivity contribution in [2.45, 2.75) is 6.42 Å². The number of ketones is 1. The fraction of sp³-hybridized carbons (Fsp3) is 0.143. The number of carbonyl (C=O) groups excluding carboxylic acids is 1. The molecule has 130 valence electrons. The quantitative estimate of drug-likeness (QED) is 0.467. The van der Waals surface area contributed by atoms with Gasteiger partial charge in [-0.2, -0.15) is 0 Å². The molecule has 0 saturated heterocycles. The van der Waals surface area contributed by atoms with Crippen molar-refractivity contribution in [3.8, 4) is 0 Å². The van der Waals surface area contributed by atoms with Crippen LogP contribution in [-0.2, 0) is 6.42 Å². The third-order valence-corrected chi connectivity index (χ3v) is 4.44. The van der Waals surface area contributed by atoms with Gasteiger partial charge in [0.2, 0.25) is 5.95 Å². The summed E-state index contributed by atoms with van der Waals surface area (Å²) in [5.74, 6) is 0.668. The number of nitrogens with one attached hydrogen (secondary N) is 2. The number of imidazole rings is 1. The Morgan fingerprint density at radius 3 is 2.73 bits per heavy atom.